The van der Waals surface area contributed by atoms with Gasteiger partial charge in [0.05, 0.1) is 13.7 Å². The number of nitrogens with one attached hydrogen (secondary N) is 1. The first-order valence-corrected chi connectivity index (χ1v) is 6.40. The first-order chi connectivity index (χ1) is 9.36. The summed E-state index contributed by atoms with van der Waals surface area (Å²) in [5, 5.41) is 3.28. The SMILES string of the molecule is COc1cccc(-c2ccc(C3=NCCN3)cc2)c1. The third kappa shape index (κ3) is 2.45. The molecule has 0 saturated heterocycles. The van der Waals surface area contributed by atoms with Crippen LogP contribution in [-0.4, -0.2) is 26.0 Å². The molecule has 0 aliphatic carbocycles. The fourth-order valence-corrected chi connectivity index (χ4v) is 2.21. The minimum Gasteiger partial charge on any atom is -0.497 e. The molecular weight excluding hydrogens is 236 g/mol. The molecule has 0 saturated carbocycles. The van der Waals surface area contributed by atoms with E-state index in [-0.39, 0.29) is 0 Å². The average Bonchev–Trinajstić information content (AvgIpc) is 3.02. The smallest absolute Gasteiger partial charge is 0.128 e. The number of aliphatic imine (C=N–C) groups is 1. The van der Waals surface area contributed by atoms with Crippen molar-refractivity contribution in [2.75, 3.05) is 20.2 Å². The number of amidine groups is 1. The largest absolute Gasteiger partial charge is 0.497 e. The molecule has 19 heavy (non-hydrogen) atoms. The Morgan fingerprint density at radius 3 is 2.47 bits per heavy atom. The Balaban J connectivity index is 1.89. The predicted octanol–water partition coefficient (Wildman–Crippen LogP) is 2.71. The molecule has 0 atom stereocenters. The highest BCUT2D eigenvalue weighted by Gasteiger charge is 2.07. The standard InChI is InChI=1S/C16H16N2O/c1-19-15-4-2-3-14(11-15)12-5-7-13(8-6-12)16-17-9-10-18-16/h2-8,11H,9-10H2,1H3,(H,17,18). The van der Waals surface area contributed by atoms with Crippen molar-refractivity contribution in [3.05, 3.63) is 54.1 Å². The van der Waals surface area contributed by atoms with Crippen LogP contribution in [0.5, 0.6) is 5.75 Å². The summed E-state index contributed by atoms with van der Waals surface area (Å²) in [5.41, 5.74) is 3.48. The molecule has 0 fully saturated rings. The zero-order valence-electron chi connectivity index (χ0n) is 10.9. The van der Waals surface area contributed by atoms with Crippen LogP contribution in [0.1, 0.15) is 5.56 Å². The van der Waals surface area contributed by atoms with Gasteiger partial charge in [-0.2, -0.15) is 0 Å². The van der Waals surface area contributed by atoms with Gasteiger partial charge in [0.2, 0.25) is 0 Å². The predicted molar refractivity (Wildman–Crippen MR) is 77.8 cm³/mol. The van der Waals surface area contributed by atoms with Crippen LogP contribution in [0.25, 0.3) is 11.1 Å². The van der Waals surface area contributed by atoms with E-state index in [1.807, 2.05) is 18.2 Å². The Bertz CT molecular complexity index is 602. The van der Waals surface area contributed by atoms with E-state index in [4.69, 9.17) is 4.74 Å². The highest BCUT2D eigenvalue weighted by atomic mass is 16.5. The summed E-state index contributed by atoms with van der Waals surface area (Å²) in [7, 11) is 1.69. The van der Waals surface area contributed by atoms with Gasteiger partial charge in [0.15, 0.2) is 0 Å². The monoisotopic (exact) mass is 252 g/mol. The summed E-state index contributed by atoms with van der Waals surface area (Å²) >= 11 is 0. The van der Waals surface area contributed by atoms with Crippen LogP contribution in [0, 0.1) is 0 Å². The van der Waals surface area contributed by atoms with Crippen molar-refractivity contribution in [1.82, 2.24) is 5.32 Å². The molecule has 0 unspecified atom stereocenters. The summed E-state index contributed by atoms with van der Waals surface area (Å²) in [6.45, 7) is 1.81. The van der Waals surface area contributed by atoms with Crippen molar-refractivity contribution >= 4 is 5.84 Å². The van der Waals surface area contributed by atoms with Crippen molar-refractivity contribution in [2.24, 2.45) is 4.99 Å². The van der Waals surface area contributed by atoms with Gasteiger partial charge in [-0.15, -0.1) is 0 Å². The normalized spacial score (nSPS) is 13.8. The lowest BCUT2D eigenvalue weighted by Gasteiger charge is -2.06. The van der Waals surface area contributed by atoms with Gasteiger partial charge in [0.25, 0.3) is 0 Å². The first kappa shape index (κ1) is 11.8. The highest BCUT2D eigenvalue weighted by molar-refractivity contribution is 6.00. The molecule has 0 amide bonds. The Morgan fingerprint density at radius 1 is 1.00 bits per heavy atom. The van der Waals surface area contributed by atoms with Crippen molar-refractivity contribution < 1.29 is 4.74 Å². The maximum absolute atomic E-state index is 5.25. The van der Waals surface area contributed by atoms with Crippen molar-refractivity contribution in [2.45, 2.75) is 0 Å². The number of hydrogen-bond donors (Lipinski definition) is 1. The van der Waals surface area contributed by atoms with Crippen LogP contribution in [0.4, 0.5) is 0 Å². The van der Waals surface area contributed by atoms with E-state index in [0.717, 1.165) is 35.8 Å². The summed E-state index contributed by atoms with van der Waals surface area (Å²) in [6.07, 6.45) is 0. The van der Waals surface area contributed by atoms with Crippen LogP contribution in [0.15, 0.2) is 53.5 Å². The van der Waals surface area contributed by atoms with Crippen molar-refractivity contribution in [3.8, 4) is 16.9 Å². The molecule has 0 bridgehead atoms. The zero-order chi connectivity index (χ0) is 13.1. The van der Waals surface area contributed by atoms with E-state index in [1.165, 1.54) is 5.56 Å². The molecule has 3 rings (SSSR count). The molecule has 0 spiro atoms. The molecule has 1 heterocycles. The van der Waals surface area contributed by atoms with Gasteiger partial charge in [-0.3, -0.25) is 4.99 Å². The van der Waals surface area contributed by atoms with E-state index in [9.17, 15) is 0 Å². The molecule has 3 nitrogen and oxygen atoms in total. The van der Waals surface area contributed by atoms with Gasteiger partial charge in [-0.1, -0.05) is 36.4 Å². The van der Waals surface area contributed by atoms with E-state index in [2.05, 4.69) is 40.6 Å². The molecule has 2 aromatic carbocycles. The number of ether oxygens (including phenoxy) is 1. The topological polar surface area (TPSA) is 33.6 Å². The van der Waals surface area contributed by atoms with Crippen LogP contribution in [-0.2, 0) is 0 Å². The minimum absolute atomic E-state index is 0.868. The van der Waals surface area contributed by atoms with E-state index in [0.29, 0.717) is 0 Å². The Hall–Kier alpha value is -2.29. The number of benzene rings is 2. The molecule has 0 aromatic heterocycles. The molecule has 0 radical (unpaired) electrons. The van der Waals surface area contributed by atoms with Crippen molar-refractivity contribution in [1.29, 1.82) is 0 Å². The van der Waals surface area contributed by atoms with Gasteiger partial charge in [-0.05, 0) is 23.3 Å². The Morgan fingerprint density at radius 2 is 1.79 bits per heavy atom. The molecule has 1 aliphatic heterocycles. The summed E-state index contributed by atoms with van der Waals surface area (Å²) in [6, 6.07) is 16.5. The van der Waals surface area contributed by atoms with Gasteiger partial charge in [0, 0.05) is 12.1 Å². The lowest BCUT2D eigenvalue weighted by Crippen LogP contribution is -2.19. The third-order valence-electron chi connectivity index (χ3n) is 3.24. The van der Waals surface area contributed by atoms with Crippen LogP contribution in [0.3, 0.4) is 0 Å². The molecule has 1 aliphatic rings. The Labute approximate surface area is 113 Å². The number of hydrogen-bond acceptors (Lipinski definition) is 3. The summed E-state index contributed by atoms with van der Waals surface area (Å²) in [4.78, 5) is 4.42. The summed E-state index contributed by atoms with van der Waals surface area (Å²) < 4.78 is 5.25. The van der Waals surface area contributed by atoms with Crippen LogP contribution in [0.2, 0.25) is 0 Å². The second kappa shape index (κ2) is 5.14. The summed E-state index contributed by atoms with van der Waals surface area (Å²) in [5.74, 6) is 1.88. The molecule has 3 heteroatoms. The van der Waals surface area contributed by atoms with Crippen LogP contribution < -0.4 is 10.1 Å². The van der Waals surface area contributed by atoms with Gasteiger partial charge >= 0.3 is 0 Å². The number of rotatable bonds is 3. The van der Waals surface area contributed by atoms with Gasteiger partial charge < -0.3 is 10.1 Å². The van der Waals surface area contributed by atoms with Crippen LogP contribution >= 0.6 is 0 Å². The Kier molecular flexibility index (Phi) is 3.19. The zero-order valence-corrected chi connectivity index (χ0v) is 10.9. The van der Waals surface area contributed by atoms with E-state index in [1.54, 1.807) is 7.11 Å². The average molecular weight is 252 g/mol. The highest BCUT2D eigenvalue weighted by Crippen LogP contribution is 2.24. The third-order valence-corrected chi connectivity index (χ3v) is 3.24. The van der Waals surface area contributed by atoms with E-state index < -0.39 is 0 Å². The molecule has 2 aromatic rings. The first-order valence-electron chi connectivity index (χ1n) is 6.40. The lowest BCUT2D eigenvalue weighted by atomic mass is 10.0. The maximum atomic E-state index is 5.25. The molecular formula is C16H16N2O. The van der Waals surface area contributed by atoms with E-state index >= 15 is 0 Å². The van der Waals surface area contributed by atoms with Crippen molar-refractivity contribution in [3.63, 3.8) is 0 Å². The maximum Gasteiger partial charge on any atom is 0.128 e. The number of methoxy groups -OCH3 is 1. The lowest BCUT2D eigenvalue weighted by molar-refractivity contribution is 0.415. The second-order valence-electron chi connectivity index (χ2n) is 4.47. The molecule has 1 N–H and O–H groups in total. The van der Waals surface area contributed by atoms with Gasteiger partial charge in [0.1, 0.15) is 11.6 Å². The quantitative estimate of drug-likeness (QED) is 0.911. The fourth-order valence-electron chi connectivity index (χ4n) is 2.21. The fraction of sp³-hybridized carbons (Fsp3) is 0.188. The number of nitrogens with zero attached hydrogens (tertiary/aromatic N) is 1. The van der Waals surface area contributed by atoms with Gasteiger partial charge in [-0.25, -0.2) is 0 Å². The minimum atomic E-state index is 0.868. The molecule has 96 valence electrons. The second-order valence-corrected chi connectivity index (χ2v) is 4.47.